The molecular formula is C16H26N2OS. The molecule has 1 aromatic heterocycles. The van der Waals surface area contributed by atoms with E-state index >= 15 is 0 Å². The van der Waals surface area contributed by atoms with Crippen LogP contribution in [0.15, 0.2) is 16.8 Å². The van der Waals surface area contributed by atoms with Crippen LogP contribution < -0.4 is 10.2 Å². The van der Waals surface area contributed by atoms with E-state index in [0.717, 1.165) is 19.5 Å². The molecule has 1 aliphatic rings. The zero-order valence-corrected chi connectivity index (χ0v) is 13.7. The van der Waals surface area contributed by atoms with Crippen molar-refractivity contribution in [1.29, 1.82) is 0 Å². The van der Waals surface area contributed by atoms with E-state index in [1.807, 2.05) is 13.8 Å². The van der Waals surface area contributed by atoms with Crippen LogP contribution in [0.2, 0.25) is 0 Å². The monoisotopic (exact) mass is 294 g/mol. The number of rotatable bonds is 4. The molecular weight excluding hydrogens is 268 g/mol. The highest BCUT2D eigenvalue weighted by Gasteiger charge is 2.30. The largest absolute Gasteiger partial charge is 0.369 e. The summed E-state index contributed by atoms with van der Waals surface area (Å²) in [5.41, 5.74) is 1.30. The zero-order valence-electron chi connectivity index (χ0n) is 12.9. The molecule has 1 aliphatic heterocycles. The lowest BCUT2D eigenvalue weighted by atomic mass is 9.85. The minimum Gasteiger partial charge on any atom is -0.369 e. The molecule has 2 atom stereocenters. The third-order valence-electron chi connectivity index (χ3n) is 4.17. The number of nitrogens with one attached hydrogen (secondary N) is 1. The van der Waals surface area contributed by atoms with Crippen molar-refractivity contribution in [2.75, 3.05) is 18.0 Å². The Hall–Kier alpha value is -1.03. The molecule has 0 bridgehead atoms. The van der Waals surface area contributed by atoms with E-state index < -0.39 is 0 Å². The van der Waals surface area contributed by atoms with Gasteiger partial charge >= 0.3 is 0 Å². The molecule has 0 spiro atoms. The fourth-order valence-electron chi connectivity index (χ4n) is 2.74. The first-order valence-electron chi connectivity index (χ1n) is 7.55. The maximum absolute atomic E-state index is 12.0. The highest BCUT2D eigenvalue weighted by atomic mass is 32.1. The van der Waals surface area contributed by atoms with E-state index in [9.17, 15) is 4.79 Å². The number of carbonyl (C=O) groups is 1. The summed E-state index contributed by atoms with van der Waals surface area (Å²) in [7, 11) is 0. The van der Waals surface area contributed by atoms with Gasteiger partial charge in [0.25, 0.3) is 0 Å². The van der Waals surface area contributed by atoms with Crippen LogP contribution in [0, 0.1) is 17.8 Å². The molecule has 4 heteroatoms. The second kappa shape index (κ2) is 6.61. The number of thiophene rings is 1. The van der Waals surface area contributed by atoms with Crippen molar-refractivity contribution in [3.8, 4) is 0 Å². The average Bonchev–Trinajstić information content (AvgIpc) is 2.92. The molecule has 1 aromatic rings. The molecule has 2 rings (SSSR count). The molecule has 2 unspecified atom stereocenters. The van der Waals surface area contributed by atoms with Gasteiger partial charge < -0.3 is 10.2 Å². The van der Waals surface area contributed by atoms with Crippen molar-refractivity contribution >= 4 is 22.9 Å². The summed E-state index contributed by atoms with van der Waals surface area (Å²) in [6, 6.07) is 2.44. The lowest BCUT2D eigenvalue weighted by Crippen LogP contribution is -2.52. The van der Waals surface area contributed by atoms with Gasteiger partial charge in [0.05, 0.1) is 0 Å². The first-order chi connectivity index (χ1) is 9.47. The van der Waals surface area contributed by atoms with Gasteiger partial charge in [-0.1, -0.05) is 27.7 Å². The van der Waals surface area contributed by atoms with Gasteiger partial charge in [-0.25, -0.2) is 0 Å². The molecule has 1 N–H and O–H groups in total. The van der Waals surface area contributed by atoms with Crippen molar-refractivity contribution in [3.63, 3.8) is 0 Å². The molecule has 0 aliphatic carbocycles. The SMILES string of the molecule is CC(C)C(=O)NC1CC(C(C)C)CN(c2ccsc2)C1. The molecule has 20 heavy (non-hydrogen) atoms. The number of hydrogen-bond donors (Lipinski definition) is 1. The van der Waals surface area contributed by atoms with Gasteiger partial charge in [0.2, 0.25) is 5.91 Å². The maximum Gasteiger partial charge on any atom is 0.222 e. The predicted octanol–water partition coefficient (Wildman–Crippen LogP) is 3.37. The van der Waals surface area contributed by atoms with Gasteiger partial charge in [-0.15, -0.1) is 0 Å². The summed E-state index contributed by atoms with van der Waals surface area (Å²) in [5, 5.41) is 7.54. The van der Waals surface area contributed by atoms with Crippen LogP contribution in [0.1, 0.15) is 34.1 Å². The number of carbonyl (C=O) groups excluding carboxylic acids is 1. The number of piperidine rings is 1. The highest BCUT2D eigenvalue weighted by molar-refractivity contribution is 7.08. The smallest absolute Gasteiger partial charge is 0.222 e. The van der Waals surface area contributed by atoms with Crippen LogP contribution >= 0.6 is 11.3 Å². The van der Waals surface area contributed by atoms with Crippen LogP contribution in [-0.2, 0) is 4.79 Å². The van der Waals surface area contributed by atoms with Gasteiger partial charge in [-0.2, -0.15) is 11.3 Å². The van der Waals surface area contributed by atoms with Crippen LogP contribution in [0.3, 0.4) is 0 Å². The normalized spacial score (nSPS) is 23.4. The van der Waals surface area contributed by atoms with Crippen molar-refractivity contribution in [2.45, 2.75) is 40.2 Å². The lowest BCUT2D eigenvalue weighted by molar-refractivity contribution is -0.124. The topological polar surface area (TPSA) is 32.3 Å². The summed E-state index contributed by atoms with van der Waals surface area (Å²) >= 11 is 1.73. The number of amides is 1. The van der Waals surface area contributed by atoms with Crippen molar-refractivity contribution < 1.29 is 4.79 Å². The lowest BCUT2D eigenvalue weighted by Gasteiger charge is -2.40. The Kier molecular flexibility index (Phi) is 5.08. The molecule has 112 valence electrons. The van der Waals surface area contributed by atoms with Crippen LogP contribution in [0.5, 0.6) is 0 Å². The van der Waals surface area contributed by atoms with Crippen LogP contribution in [0.4, 0.5) is 5.69 Å². The number of nitrogens with zero attached hydrogens (tertiary/aromatic N) is 1. The Morgan fingerprint density at radius 2 is 2.10 bits per heavy atom. The summed E-state index contributed by atoms with van der Waals surface area (Å²) in [4.78, 5) is 14.4. The van der Waals surface area contributed by atoms with Crippen molar-refractivity contribution in [1.82, 2.24) is 5.32 Å². The fourth-order valence-corrected chi connectivity index (χ4v) is 3.41. The van der Waals surface area contributed by atoms with Crippen molar-refractivity contribution in [2.24, 2.45) is 17.8 Å². The third-order valence-corrected chi connectivity index (χ3v) is 4.84. The highest BCUT2D eigenvalue weighted by Crippen LogP contribution is 2.29. The van der Waals surface area contributed by atoms with Gasteiger partial charge in [-0.05, 0) is 29.7 Å². The van der Waals surface area contributed by atoms with Crippen LogP contribution in [0.25, 0.3) is 0 Å². The first-order valence-corrected chi connectivity index (χ1v) is 8.49. The summed E-state index contributed by atoms with van der Waals surface area (Å²) < 4.78 is 0. The fraction of sp³-hybridized carbons (Fsp3) is 0.688. The summed E-state index contributed by atoms with van der Waals surface area (Å²) in [6.45, 7) is 10.5. The molecule has 2 heterocycles. The Morgan fingerprint density at radius 3 is 2.65 bits per heavy atom. The standard InChI is InChI=1S/C16H26N2OS/c1-11(2)13-7-14(17-16(19)12(3)4)9-18(8-13)15-5-6-20-10-15/h5-6,10-14H,7-9H2,1-4H3,(H,17,19). The molecule has 1 saturated heterocycles. The second-order valence-electron chi connectivity index (χ2n) is 6.49. The van der Waals surface area contributed by atoms with Crippen molar-refractivity contribution in [3.05, 3.63) is 16.8 Å². The van der Waals surface area contributed by atoms with E-state index in [2.05, 4.69) is 40.9 Å². The summed E-state index contributed by atoms with van der Waals surface area (Å²) in [6.07, 6.45) is 1.09. The predicted molar refractivity (Wildman–Crippen MR) is 86.2 cm³/mol. The second-order valence-corrected chi connectivity index (χ2v) is 7.27. The van der Waals surface area contributed by atoms with E-state index in [4.69, 9.17) is 0 Å². The van der Waals surface area contributed by atoms with Gasteiger partial charge in [0, 0.05) is 36.1 Å². The number of anilines is 1. The molecule has 3 nitrogen and oxygen atoms in total. The molecule has 0 saturated carbocycles. The van der Waals surface area contributed by atoms with E-state index in [1.54, 1.807) is 11.3 Å². The Bertz CT molecular complexity index is 428. The van der Waals surface area contributed by atoms with E-state index in [-0.39, 0.29) is 17.9 Å². The minimum absolute atomic E-state index is 0.0593. The van der Waals surface area contributed by atoms with E-state index in [0.29, 0.717) is 11.8 Å². The van der Waals surface area contributed by atoms with Gasteiger partial charge in [-0.3, -0.25) is 4.79 Å². The summed E-state index contributed by atoms with van der Waals surface area (Å²) in [5.74, 6) is 1.52. The molecule has 1 fully saturated rings. The minimum atomic E-state index is 0.0593. The van der Waals surface area contributed by atoms with E-state index in [1.165, 1.54) is 5.69 Å². The Balaban J connectivity index is 2.06. The third kappa shape index (κ3) is 3.75. The molecule has 1 amide bonds. The quantitative estimate of drug-likeness (QED) is 0.923. The van der Waals surface area contributed by atoms with Gasteiger partial charge in [0.1, 0.15) is 0 Å². The Morgan fingerprint density at radius 1 is 1.35 bits per heavy atom. The van der Waals surface area contributed by atoms with Crippen LogP contribution in [-0.4, -0.2) is 25.0 Å². The van der Waals surface area contributed by atoms with Gasteiger partial charge in [0.15, 0.2) is 0 Å². The number of hydrogen-bond acceptors (Lipinski definition) is 3. The average molecular weight is 294 g/mol. The maximum atomic E-state index is 12.0. The Labute approximate surface area is 126 Å². The zero-order chi connectivity index (χ0) is 14.7. The molecule has 0 radical (unpaired) electrons. The molecule has 0 aromatic carbocycles. The first kappa shape index (κ1) is 15.4.